The van der Waals surface area contributed by atoms with Gasteiger partial charge < -0.3 is 9.64 Å². The van der Waals surface area contributed by atoms with Crippen molar-refractivity contribution in [1.82, 2.24) is 4.90 Å². The van der Waals surface area contributed by atoms with Crippen LogP contribution in [0, 0.1) is 23.2 Å². The molecule has 1 aliphatic rings. The molecule has 0 saturated carbocycles. The van der Waals surface area contributed by atoms with Crippen molar-refractivity contribution in [3.05, 3.63) is 34.3 Å². The Morgan fingerprint density at radius 1 is 1.38 bits per heavy atom. The van der Waals surface area contributed by atoms with Crippen LogP contribution in [-0.2, 0) is 11.2 Å². The second kappa shape index (κ2) is 7.79. The van der Waals surface area contributed by atoms with Gasteiger partial charge in [-0.25, -0.2) is 0 Å². The molecule has 1 saturated heterocycles. The molecule has 0 aromatic heterocycles. The molecular formula is C17H23ClN2O. The summed E-state index contributed by atoms with van der Waals surface area (Å²) in [5.74, 6) is 1.32. The van der Waals surface area contributed by atoms with Gasteiger partial charge in [-0.2, -0.15) is 5.26 Å². The van der Waals surface area contributed by atoms with Crippen LogP contribution in [0.3, 0.4) is 0 Å². The van der Waals surface area contributed by atoms with Gasteiger partial charge in [0.05, 0.1) is 18.2 Å². The van der Waals surface area contributed by atoms with E-state index < -0.39 is 0 Å². The summed E-state index contributed by atoms with van der Waals surface area (Å²) in [6, 6.07) is 7.76. The van der Waals surface area contributed by atoms with Crippen molar-refractivity contribution in [1.29, 1.82) is 5.26 Å². The van der Waals surface area contributed by atoms with Crippen molar-refractivity contribution in [2.75, 3.05) is 32.8 Å². The summed E-state index contributed by atoms with van der Waals surface area (Å²) in [7, 11) is 0. The Labute approximate surface area is 132 Å². The van der Waals surface area contributed by atoms with Crippen molar-refractivity contribution in [3.63, 3.8) is 0 Å². The van der Waals surface area contributed by atoms with Crippen LogP contribution >= 0.6 is 11.6 Å². The van der Waals surface area contributed by atoms with Crippen LogP contribution in [0.15, 0.2) is 18.2 Å². The lowest BCUT2D eigenvalue weighted by Gasteiger charge is -2.16. The number of ether oxygens (including phenoxy) is 1. The standard InChI is InChI=1S/C17H23ClN2O/c1-3-21-12-16-11-20(10-13(16)2)5-4-14-6-15(9-19)8-17(18)7-14/h6-8,13,16H,3-5,10-12H2,1-2H3. The summed E-state index contributed by atoms with van der Waals surface area (Å²) in [4.78, 5) is 2.49. The van der Waals surface area contributed by atoms with E-state index in [1.807, 2.05) is 19.1 Å². The van der Waals surface area contributed by atoms with Crippen LogP contribution in [0.4, 0.5) is 0 Å². The molecule has 2 rings (SSSR count). The molecule has 1 aromatic rings. The Kier molecular flexibility index (Phi) is 6.05. The van der Waals surface area contributed by atoms with Crippen molar-refractivity contribution in [2.24, 2.45) is 11.8 Å². The predicted octanol–water partition coefficient (Wildman–Crippen LogP) is 3.36. The van der Waals surface area contributed by atoms with E-state index in [0.717, 1.165) is 44.8 Å². The average molecular weight is 307 g/mol. The monoisotopic (exact) mass is 306 g/mol. The fraction of sp³-hybridized carbons (Fsp3) is 0.588. The lowest BCUT2D eigenvalue weighted by atomic mass is 9.99. The van der Waals surface area contributed by atoms with E-state index in [2.05, 4.69) is 17.9 Å². The van der Waals surface area contributed by atoms with Crippen LogP contribution in [0.25, 0.3) is 0 Å². The van der Waals surface area contributed by atoms with Gasteiger partial charge >= 0.3 is 0 Å². The first kappa shape index (κ1) is 16.3. The Balaban J connectivity index is 1.87. The maximum atomic E-state index is 8.99. The Bertz CT molecular complexity index is 512. The summed E-state index contributed by atoms with van der Waals surface area (Å²) in [5.41, 5.74) is 1.78. The smallest absolute Gasteiger partial charge is 0.0992 e. The second-order valence-electron chi connectivity index (χ2n) is 5.87. The van der Waals surface area contributed by atoms with E-state index in [-0.39, 0.29) is 0 Å². The van der Waals surface area contributed by atoms with Crippen LogP contribution in [-0.4, -0.2) is 37.7 Å². The molecule has 21 heavy (non-hydrogen) atoms. The number of hydrogen-bond donors (Lipinski definition) is 0. The first-order valence-corrected chi connectivity index (χ1v) is 7.99. The molecule has 0 aliphatic carbocycles. The number of likely N-dealkylation sites (tertiary alicyclic amines) is 1. The summed E-state index contributed by atoms with van der Waals surface area (Å²) >= 11 is 6.05. The van der Waals surface area contributed by atoms with E-state index >= 15 is 0 Å². The first-order valence-electron chi connectivity index (χ1n) is 7.62. The molecule has 2 unspecified atom stereocenters. The fourth-order valence-corrected chi connectivity index (χ4v) is 3.22. The third-order valence-electron chi connectivity index (χ3n) is 4.18. The molecule has 3 nitrogen and oxygen atoms in total. The average Bonchev–Trinajstić information content (AvgIpc) is 2.82. The molecule has 1 aliphatic heterocycles. The molecule has 114 valence electrons. The highest BCUT2D eigenvalue weighted by Gasteiger charge is 2.29. The highest BCUT2D eigenvalue weighted by Crippen LogP contribution is 2.24. The van der Waals surface area contributed by atoms with Crippen LogP contribution in [0.5, 0.6) is 0 Å². The van der Waals surface area contributed by atoms with Gasteiger partial charge in [0.1, 0.15) is 0 Å². The minimum Gasteiger partial charge on any atom is -0.381 e. The van der Waals surface area contributed by atoms with Gasteiger partial charge in [0.25, 0.3) is 0 Å². The van der Waals surface area contributed by atoms with Gasteiger partial charge in [0.2, 0.25) is 0 Å². The van der Waals surface area contributed by atoms with Gasteiger partial charge in [0, 0.05) is 31.3 Å². The fourth-order valence-electron chi connectivity index (χ4n) is 2.96. The Morgan fingerprint density at radius 3 is 2.90 bits per heavy atom. The normalized spacial score (nSPS) is 22.4. The van der Waals surface area contributed by atoms with Crippen molar-refractivity contribution >= 4 is 11.6 Å². The maximum Gasteiger partial charge on any atom is 0.0992 e. The number of nitrogens with zero attached hydrogens (tertiary/aromatic N) is 2. The summed E-state index contributed by atoms with van der Waals surface area (Å²) in [5, 5.41) is 9.63. The third kappa shape index (κ3) is 4.71. The topological polar surface area (TPSA) is 36.3 Å². The quantitative estimate of drug-likeness (QED) is 0.808. The van der Waals surface area contributed by atoms with Crippen LogP contribution in [0.1, 0.15) is 25.0 Å². The lowest BCUT2D eigenvalue weighted by molar-refractivity contribution is 0.101. The molecule has 0 N–H and O–H groups in total. The number of halogens is 1. The second-order valence-corrected chi connectivity index (χ2v) is 6.30. The zero-order valence-electron chi connectivity index (χ0n) is 12.8. The van der Waals surface area contributed by atoms with Gasteiger partial charge in [-0.1, -0.05) is 18.5 Å². The van der Waals surface area contributed by atoms with E-state index in [4.69, 9.17) is 21.6 Å². The number of benzene rings is 1. The Hall–Kier alpha value is -1.08. The van der Waals surface area contributed by atoms with Crippen molar-refractivity contribution in [2.45, 2.75) is 20.3 Å². The van der Waals surface area contributed by atoms with Gasteiger partial charge in [-0.3, -0.25) is 0 Å². The van der Waals surface area contributed by atoms with Crippen molar-refractivity contribution in [3.8, 4) is 6.07 Å². The Morgan fingerprint density at radius 2 is 2.19 bits per heavy atom. The van der Waals surface area contributed by atoms with E-state index in [9.17, 15) is 0 Å². The van der Waals surface area contributed by atoms with E-state index in [1.54, 1.807) is 6.07 Å². The highest BCUT2D eigenvalue weighted by molar-refractivity contribution is 6.30. The zero-order chi connectivity index (χ0) is 15.2. The molecule has 0 radical (unpaired) electrons. The SMILES string of the molecule is CCOCC1CN(CCc2cc(Cl)cc(C#N)c2)CC1C. The van der Waals surface area contributed by atoms with Crippen molar-refractivity contribution < 1.29 is 4.74 Å². The predicted molar refractivity (Wildman–Crippen MR) is 85.5 cm³/mol. The minimum absolute atomic E-state index is 0.638. The molecule has 0 spiro atoms. The van der Waals surface area contributed by atoms with Crippen LogP contribution < -0.4 is 0 Å². The van der Waals surface area contributed by atoms with E-state index in [1.165, 1.54) is 0 Å². The number of rotatable bonds is 6. The highest BCUT2D eigenvalue weighted by atomic mass is 35.5. The number of nitriles is 1. The minimum atomic E-state index is 0.638. The molecule has 1 fully saturated rings. The third-order valence-corrected chi connectivity index (χ3v) is 4.40. The summed E-state index contributed by atoms with van der Waals surface area (Å²) < 4.78 is 5.56. The maximum absolute atomic E-state index is 8.99. The molecular weight excluding hydrogens is 284 g/mol. The first-order chi connectivity index (χ1) is 10.1. The molecule has 4 heteroatoms. The zero-order valence-corrected chi connectivity index (χ0v) is 13.6. The molecule has 0 amide bonds. The molecule has 0 bridgehead atoms. The van der Waals surface area contributed by atoms with Gasteiger partial charge in [-0.15, -0.1) is 0 Å². The summed E-state index contributed by atoms with van der Waals surface area (Å²) in [6.45, 7) is 9.25. The van der Waals surface area contributed by atoms with Gasteiger partial charge in [0.15, 0.2) is 0 Å². The molecule has 2 atom stereocenters. The molecule has 1 aromatic carbocycles. The van der Waals surface area contributed by atoms with Gasteiger partial charge in [-0.05, 0) is 48.9 Å². The largest absolute Gasteiger partial charge is 0.381 e. The lowest BCUT2D eigenvalue weighted by Crippen LogP contribution is -2.24. The van der Waals surface area contributed by atoms with E-state index in [0.29, 0.717) is 22.4 Å². The summed E-state index contributed by atoms with van der Waals surface area (Å²) in [6.07, 6.45) is 0.934. The molecule has 1 heterocycles. The van der Waals surface area contributed by atoms with Crippen LogP contribution in [0.2, 0.25) is 5.02 Å². The number of hydrogen-bond acceptors (Lipinski definition) is 3.